The fourth-order valence-corrected chi connectivity index (χ4v) is 1.97. The lowest BCUT2D eigenvalue weighted by atomic mass is 10.2. The average molecular weight is 243 g/mol. The van der Waals surface area contributed by atoms with Crippen molar-refractivity contribution in [3.8, 4) is 0 Å². The van der Waals surface area contributed by atoms with Crippen LogP contribution in [0.2, 0.25) is 0 Å². The predicted octanol–water partition coefficient (Wildman–Crippen LogP) is -0.177. The number of ether oxygens (including phenoxy) is 1. The molecule has 1 unspecified atom stereocenters. The Kier molecular flexibility index (Phi) is 7.16. The molecule has 1 amide bonds. The second-order valence-electron chi connectivity index (χ2n) is 4.37. The molecule has 0 bridgehead atoms. The molecule has 0 aromatic heterocycles. The summed E-state index contributed by atoms with van der Waals surface area (Å²) in [4.78, 5) is 14.2. The molecule has 1 rings (SSSR count). The van der Waals surface area contributed by atoms with E-state index < -0.39 is 0 Å². The third-order valence-corrected chi connectivity index (χ3v) is 2.96. The van der Waals surface area contributed by atoms with Crippen LogP contribution in [0.3, 0.4) is 0 Å². The molecule has 1 aliphatic heterocycles. The van der Waals surface area contributed by atoms with Crippen molar-refractivity contribution in [1.29, 1.82) is 0 Å². The number of amides is 1. The van der Waals surface area contributed by atoms with E-state index in [9.17, 15) is 4.79 Å². The van der Waals surface area contributed by atoms with Crippen LogP contribution in [0.25, 0.3) is 0 Å². The number of hydrogen-bond donors (Lipinski definition) is 2. The normalized spacial score (nSPS) is 21.4. The van der Waals surface area contributed by atoms with Gasteiger partial charge in [0.2, 0.25) is 5.91 Å². The number of rotatable bonds is 7. The Hall–Kier alpha value is -0.650. The molecular formula is C12H25N3O2. The van der Waals surface area contributed by atoms with Crippen LogP contribution in [0.5, 0.6) is 0 Å². The van der Waals surface area contributed by atoms with Crippen molar-refractivity contribution in [1.82, 2.24) is 15.5 Å². The van der Waals surface area contributed by atoms with Gasteiger partial charge in [0.25, 0.3) is 0 Å². The number of hydrogen-bond acceptors (Lipinski definition) is 4. The minimum Gasteiger partial charge on any atom is -0.378 e. The van der Waals surface area contributed by atoms with Gasteiger partial charge in [-0.3, -0.25) is 9.69 Å². The standard InChI is InChI=1S/C12H25N3O2/c1-3-5-14-12(16)11-10-17-9-8-15(11)7-4-6-13-2/h11,13H,3-10H2,1-2H3,(H,14,16). The lowest BCUT2D eigenvalue weighted by molar-refractivity contribution is -0.132. The van der Waals surface area contributed by atoms with Crippen molar-refractivity contribution in [2.75, 3.05) is 46.4 Å². The SMILES string of the molecule is CCCNC(=O)C1COCCN1CCCNC. The number of morpholine rings is 1. The molecule has 1 heterocycles. The summed E-state index contributed by atoms with van der Waals surface area (Å²) in [7, 11) is 1.95. The highest BCUT2D eigenvalue weighted by Gasteiger charge is 2.28. The number of carbonyl (C=O) groups excluding carboxylic acids is 1. The summed E-state index contributed by atoms with van der Waals surface area (Å²) >= 11 is 0. The zero-order chi connectivity index (χ0) is 12.5. The van der Waals surface area contributed by atoms with Crippen molar-refractivity contribution >= 4 is 5.91 Å². The van der Waals surface area contributed by atoms with Crippen LogP contribution >= 0.6 is 0 Å². The van der Waals surface area contributed by atoms with Crippen LogP contribution in [0, 0.1) is 0 Å². The fraction of sp³-hybridized carbons (Fsp3) is 0.917. The summed E-state index contributed by atoms with van der Waals surface area (Å²) < 4.78 is 5.40. The third kappa shape index (κ3) is 5.02. The molecule has 1 aliphatic rings. The smallest absolute Gasteiger partial charge is 0.239 e. The van der Waals surface area contributed by atoms with E-state index in [1.54, 1.807) is 0 Å². The first-order valence-corrected chi connectivity index (χ1v) is 6.53. The van der Waals surface area contributed by atoms with Gasteiger partial charge in [-0.1, -0.05) is 6.92 Å². The van der Waals surface area contributed by atoms with Crippen molar-refractivity contribution in [3.63, 3.8) is 0 Å². The molecule has 0 radical (unpaired) electrons. The van der Waals surface area contributed by atoms with E-state index >= 15 is 0 Å². The second-order valence-corrected chi connectivity index (χ2v) is 4.37. The highest BCUT2D eigenvalue weighted by molar-refractivity contribution is 5.81. The summed E-state index contributed by atoms with van der Waals surface area (Å²) in [5.41, 5.74) is 0. The first-order valence-electron chi connectivity index (χ1n) is 6.53. The molecule has 0 saturated carbocycles. The zero-order valence-electron chi connectivity index (χ0n) is 11.0. The lowest BCUT2D eigenvalue weighted by Crippen LogP contribution is -2.54. The predicted molar refractivity (Wildman–Crippen MR) is 68.0 cm³/mol. The molecule has 0 aromatic rings. The van der Waals surface area contributed by atoms with E-state index in [2.05, 4.69) is 22.5 Å². The molecule has 17 heavy (non-hydrogen) atoms. The van der Waals surface area contributed by atoms with Crippen LogP contribution in [0.4, 0.5) is 0 Å². The van der Waals surface area contributed by atoms with Crippen molar-refractivity contribution < 1.29 is 9.53 Å². The molecule has 1 atom stereocenters. The van der Waals surface area contributed by atoms with Crippen LogP contribution in [-0.4, -0.2) is 63.3 Å². The van der Waals surface area contributed by atoms with Gasteiger partial charge in [0.15, 0.2) is 0 Å². The van der Waals surface area contributed by atoms with Gasteiger partial charge in [0.05, 0.1) is 13.2 Å². The van der Waals surface area contributed by atoms with Gasteiger partial charge in [0, 0.05) is 19.6 Å². The Morgan fingerprint density at radius 3 is 3.00 bits per heavy atom. The first kappa shape index (κ1) is 14.4. The summed E-state index contributed by atoms with van der Waals surface area (Å²) in [5, 5.41) is 6.07. The molecule has 5 heteroatoms. The van der Waals surface area contributed by atoms with Crippen LogP contribution < -0.4 is 10.6 Å². The molecule has 1 fully saturated rings. The summed E-state index contributed by atoms with van der Waals surface area (Å²) in [5.74, 6) is 0.107. The van der Waals surface area contributed by atoms with Gasteiger partial charge >= 0.3 is 0 Å². The Morgan fingerprint density at radius 2 is 2.29 bits per heavy atom. The van der Waals surface area contributed by atoms with E-state index in [1.807, 2.05) is 7.05 Å². The van der Waals surface area contributed by atoms with Gasteiger partial charge < -0.3 is 15.4 Å². The van der Waals surface area contributed by atoms with Gasteiger partial charge in [-0.05, 0) is 26.4 Å². The van der Waals surface area contributed by atoms with Crippen molar-refractivity contribution in [2.45, 2.75) is 25.8 Å². The minimum atomic E-state index is -0.104. The van der Waals surface area contributed by atoms with Crippen molar-refractivity contribution in [3.05, 3.63) is 0 Å². The Labute approximate surface area is 104 Å². The first-order chi connectivity index (χ1) is 8.29. The zero-order valence-corrected chi connectivity index (χ0v) is 11.0. The molecule has 5 nitrogen and oxygen atoms in total. The Morgan fingerprint density at radius 1 is 1.47 bits per heavy atom. The van der Waals surface area contributed by atoms with Gasteiger partial charge in [-0.25, -0.2) is 0 Å². The second kappa shape index (κ2) is 8.44. The number of nitrogens with zero attached hydrogens (tertiary/aromatic N) is 1. The van der Waals surface area contributed by atoms with Gasteiger partial charge in [-0.2, -0.15) is 0 Å². The topological polar surface area (TPSA) is 53.6 Å². The molecule has 0 aliphatic carbocycles. The largest absolute Gasteiger partial charge is 0.378 e. The number of carbonyl (C=O) groups is 1. The number of nitrogens with one attached hydrogen (secondary N) is 2. The van der Waals surface area contributed by atoms with Crippen LogP contribution in [0.1, 0.15) is 19.8 Å². The maximum absolute atomic E-state index is 12.0. The Bertz CT molecular complexity index is 224. The highest BCUT2D eigenvalue weighted by Crippen LogP contribution is 2.07. The third-order valence-electron chi connectivity index (χ3n) is 2.96. The molecule has 100 valence electrons. The summed E-state index contributed by atoms with van der Waals surface area (Å²) in [6.07, 6.45) is 2.03. The van der Waals surface area contributed by atoms with Crippen molar-refractivity contribution in [2.24, 2.45) is 0 Å². The average Bonchev–Trinajstić information content (AvgIpc) is 2.37. The van der Waals surface area contributed by atoms with E-state index in [-0.39, 0.29) is 11.9 Å². The highest BCUT2D eigenvalue weighted by atomic mass is 16.5. The molecule has 0 spiro atoms. The maximum Gasteiger partial charge on any atom is 0.239 e. The molecule has 2 N–H and O–H groups in total. The lowest BCUT2D eigenvalue weighted by Gasteiger charge is -2.34. The summed E-state index contributed by atoms with van der Waals surface area (Å²) in [6, 6.07) is -0.104. The quantitative estimate of drug-likeness (QED) is 0.609. The molecular weight excluding hydrogens is 218 g/mol. The van der Waals surface area contributed by atoms with E-state index in [1.165, 1.54) is 0 Å². The maximum atomic E-state index is 12.0. The Balaban J connectivity index is 2.38. The summed E-state index contributed by atoms with van der Waals surface area (Å²) in [6.45, 7) is 6.86. The molecule has 0 aromatic carbocycles. The van der Waals surface area contributed by atoms with Gasteiger partial charge in [-0.15, -0.1) is 0 Å². The van der Waals surface area contributed by atoms with E-state index in [0.717, 1.165) is 45.6 Å². The van der Waals surface area contributed by atoms with E-state index in [4.69, 9.17) is 4.74 Å². The monoisotopic (exact) mass is 243 g/mol. The minimum absolute atomic E-state index is 0.104. The van der Waals surface area contributed by atoms with Gasteiger partial charge in [0.1, 0.15) is 6.04 Å². The molecule has 1 saturated heterocycles. The van der Waals surface area contributed by atoms with Crippen LogP contribution in [0.15, 0.2) is 0 Å². The van der Waals surface area contributed by atoms with E-state index in [0.29, 0.717) is 6.61 Å². The van der Waals surface area contributed by atoms with Crippen LogP contribution in [-0.2, 0) is 9.53 Å². The fourth-order valence-electron chi connectivity index (χ4n) is 1.97.